The van der Waals surface area contributed by atoms with Crippen LogP contribution in [-0.2, 0) is 6.54 Å². The van der Waals surface area contributed by atoms with Gasteiger partial charge in [0, 0.05) is 26.8 Å². The van der Waals surface area contributed by atoms with E-state index in [1.807, 2.05) is 42.5 Å². The summed E-state index contributed by atoms with van der Waals surface area (Å²) in [5.41, 5.74) is -0.165. The van der Waals surface area contributed by atoms with Crippen LogP contribution in [0.5, 0.6) is 0 Å². The number of fused-ring (bicyclic) bond motifs is 3. The molecule has 0 spiro atoms. The van der Waals surface area contributed by atoms with Crippen LogP contribution in [0.1, 0.15) is 79.3 Å². The molecule has 1 aliphatic carbocycles. The number of halogens is 7. The Labute approximate surface area is 389 Å². The Hall–Kier alpha value is -5.01. The van der Waals surface area contributed by atoms with E-state index in [4.69, 9.17) is 86.2 Å². The zero-order valence-electron chi connectivity index (χ0n) is 30.8. The number of amides is 4. The maximum Gasteiger partial charge on any atom is 0.267 e. The summed E-state index contributed by atoms with van der Waals surface area (Å²) in [6, 6.07) is 25.3. The summed E-state index contributed by atoms with van der Waals surface area (Å²) in [6.45, 7) is -0.274. The van der Waals surface area contributed by atoms with Crippen molar-refractivity contribution in [1.82, 2.24) is 9.88 Å². The molecule has 2 aliphatic heterocycles. The molecule has 17 heteroatoms. The number of hydrogen-bond acceptors (Lipinski definition) is 8. The predicted octanol–water partition coefficient (Wildman–Crippen LogP) is 12.9. The highest BCUT2D eigenvalue weighted by molar-refractivity contribution is 7.99. The summed E-state index contributed by atoms with van der Waals surface area (Å²) >= 11 is 47.1. The van der Waals surface area contributed by atoms with Gasteiger partial charge >= 0.3 is 0 Å². The first kappa shape index (κ1) is 41.0. The Kier molecular flexibility index (Phi) is 9.97. The Bertz CT molecular complexity index is 3230. The van der Waals surface area contributed by atoms with Crippen molar-refractivity contribution in [2.24, 2.45) is 0 Å². The molecule has 1 atom stereocenters. The summed E-state index contributed by atoms with van der Waals surface area (Å²) < 4.78 is 0. The maximum absolute atomic E-state index is 14.4. The average molecular weight is 977 g/mol. The van der Waals surface area contributed by atoms with E-state index >= 15 is 0 Å². The number of anilines is 1. The van der Waals surface area contributed by atoms with Crippen molar-refractivity contribution in [3.63, 3.8) is 0 Å². The van der Waals surface area contributed by atoms with Gasteiger partial charge in [0.1, 0.15) is 5.92 Å². The Balaban J connectivity index is 1.12. The molecule has 0 saturated heterocycles. The van der Waals surface area contributed by atoms with Crippen LogP contribution in [0.25, 0.3) is 21.7 Å². The van der Waals surface area contributed by atoms with Crippen molar-refractivity contribution in [1.29, 1.82) is 0 Å². The summed E-state index contributed by atoms with van der Waals surface area (Å²) in [7, 11) is 0. The monoisotopic (exact) mass is 973 g/mol. The van der Waals surface area contributed by atoms with Crippen molar-refractivity contribution in [3.8, 4) is 0 Å². The minimum Gasteiger partial charge on any atom is -0.293 e. The van der Waals surface area contributed by atoms with Gasteiger partial charge in [0.2, 0.25) is 0 Å². The third-order valence-corrected chi connectivity index (χ3v) is 15.4. The van der Waals surface area contributed by atoms with Gasteiger partial charge in [0.05, 0.1) is 85.8 Å². The molecule has 6 aromatic carbocycles. The molecule has 1 unspecified atom stereocenters. The van der Waals surface area contributed by atoms with Crippen molar-refractivity contribution in [3.05, 3.63) is 171 Å². The normalized spacial score (nSPS) is 15.8. The standard InChI is InChI=1S/C45H18Cl7N3O6S/c46-31-27-28(34(49)41(37(31)52)62-19-8-2-1-3-9-19)40(57)26(39(27)56)23-14-13-20-18(16-54-42(58)21-10-4-6-17-7-5-11-22(25(17)21)43(54)59)12-15-24(38(20)53-23)55-44(60)29-30(45(55)61)33(48)36(51)35(50)32(29)47/h1-15,26H,16H2. The van der Waals surface area contributed by atoms with E-state index in [1.54, 1.807) is 24.3 Å². The second kappa shape index (κ2) is 15.1. The molecule has 0 fully saturated rings. The lowest BCUT2D eigenvalue weighted by molar-refractivity contribution is 0.0597. The fourth-order valence-electron chi connectivity index (χ4n) is 8.19. The molecule has 7 aromatic rings. The van der Waals surface area contributed by atoms with E-state index in [9.17, 15) is 28.8 Å². The third-order valence-electron chi connectivity index (χ3n) is 11.0. The molecule has 0 N–H and O–H groups in total. The number of Topliss-reactive ketones (excluding diaryl/α,β-unsaturated/α-hetero) is 2. The Morgan fingerprint density at radius 1 is 0.532 bits per heavy atom. The molecule has 3 heterocycles. The van der Waals surface area contributed by atoms with Crippen molar-refractivity contribution in [2.45, 2.75) is 22.3 Å². The van der Waals surface area contributed by atoms with E-state index in [0.717, 1.165) is 20.1 Å². The number of benzene rings is 6. The molecular weight excluding hydrogens is 959 g/mol. The van der Waals surface area contributed by atoms with E-state index in [0.29, 0.717) is 22.1 Å². The molecule has 1 aromatic heterocycles. The summed E-state index contributed by atoms with van der Waals surface area (Å²) in [4.78, 5) is 92.9. The minimum atomic E-state index is -1.58. The zero-order chi connectivity index (χ0) is 43.6. The van der Waals surface area contributed by atoms with Crippen LogP contribution in [-0.4, -0.2) is 45.1 Å². The molecule has 0 saturated carbocycles. The van der Waals surface area contributed by atoms with Gasteiger partial charge in [-0.1, -0.05) is 148 Å². The van der Waals surface area contributed by atoms with Gasteiger partial charge in [0.25, 0.3) is 23.6 Å². The van der Waals surface area contributed by atoms with Crippen molar-refractivity contribution in [2.75, 3.05) is 4.90 Å². The molecule has 3 aliphatic rings. The van der Waals surface area contributed by atoms with Crippen LogP contribution < -0.4 is 4.90 Å². The van der Waals surface area contributed by atoms with Gasteiger partial charge in [-0.2, -0.15) is 0 Å². The lowest BCUT2D eigenvalue weighted by Gasteiger charge is -2.28. The summed E-state index contributed by atoms with van der Waals surface area (Å²) in [6.07, 6.45) is 0. The lowest BCUT2D eigenvalue weighted by Crippen LogP contribution is -2.39. The second-order valence-electron chi connectivity index (χ2n) is 14.3. The van der Waals surface area contributed by atoms with Crippen LogP contribution in [0.4, 0.5) is 5.69 Å². The molecule has 0 radical (unpaired) electrons. The smallest absolute Gasteiger partial charge is 0.267 e. The van der Waals surface area contributed by atoms with Gasteiger partial charge in [-0.3, -0.25) is 33.7 Å². The first-order valence-electron chi connectivity index (χ1n) is 18.3. The molecule has 4 amide bonds. The van der Waals surface area contributed by atoms with Crippen molar-refractivity contribution < 1.29 is 28.8 Å². The lowest BCUT2D eigenvalue weighted by atomic mass is 9.93. The number of ketones is 2. The van der Waals surface area contributed by atoms with Gasteiger partial charge in [-0.25, -0.2) is 9.88 Å². The predicted molar refractivity (Wildman–Crippen MR) is 241 cm³/mol. The highest BCUT2D eigenvalue weighted by atomic mass is 35.5. The third kappa shape index (κ3) is 5.89. The topological polar surface area (TPSA) is 122 Å². The number of carbonyl (C=O) groups excluding carboxylic acids is 6. The van der Waals surface area contributed by atoms with Crippen LogP contribution >= 0.6 is 93.0 Å². The SMILES string of the molecule is O=C1c2c(Cl)c(Cl)c(Sc3ccccc3)c(Cl)c2C(=O)C1c1ccc2c(CN3C(=O)c4cccc5cccc(c45)C3=O)ccc(N3C(=O)c4c(Cl)c(Cl)c(Cl)c(Cl)c4C3=O)c2n1. The first-order chi connectivity index (χ1) is 29.7. The number of pyridine rings is 1. The molecule has 0 bridgehead atoms. The van der Waals surface area contributed by atoms with Crippen LogP contribution in [0.2, 0.25) is 35.2 Å². The number of carbonyl (C=O) groups is 6. The summed E-state index contributed by atoms with van der Waals surface area (Å²) in [5, 5.41) is 0.169. The van der Waals surface area contributed by atoms with E-state index in [-0.39, 0.29) is 91.1 Å². The van der Waals surface area contributed by atoms with Gasteiger partial charge in [-0.05, 0) is 47.3 Å². The Morgan fingerprint density at radius 2 is 1.10 bits per heavy atom. The number of aromatic nitrogens is 1. The largest absolute Gasteiger partial charge is 0.293 e. The van der Waals surface area contributed by atoms with E-state index in [2.05, 4.69) is 0 Å². The Morgan fingerprint density at radius 3 is 1.69 bits per heavy atom. The second-order valence-corrected chi connectivity index (χ2v) is 18.1. The highest BCUT2D eigenvalue weighted by Crippen LogP contribution is 2.51. The van der Waals surface area contributed by atoms with Gasteiger partial charge in [-0.15, -0.1) is 0 Å². The van der Waals surface area contributed by atoms with E-state index < -0.39 is 41.1 Å². The molecular formula is C45H18Cl7N3O6S. The number of rotatable bonds is 6. The number of hydrogen-bond donors (Lipinski definition) is 0. The molecule has 9 nitrogen and oxygen atoms in total. The molecule has 304 valence electrons. The van der Waals surface area contributed by atoms with Gasteiger partial charge < -0.3 is 0 Å². The molecule has 10 rings (SSSR count). The van der Waals surface area contributed by atoms with Gasteiger partial charge in [0.15, 0.2) is 11.6 Å². The minimum absolute atomic E-state index is 0.0201. The number of imide groups is 2. The van der Waals surface area contributed by atoms with E-state index in [1.165, 1.54) is 36.0 Å². The summed E-state index contributed by atoms with van der Waals surface area (Å²) in [5.74, 6) is -5.96. The van der Waals surface area contributed by atoms with Crippen LogP contribution in [0.3, 0.4) is 0 Å². The fraction of sp³-hybridized carbons (Fsp3) is 0.0444. The fourth-order valence-corrected chi connectivity index (χ4v) is 11.2. The molecule has 62 heavy (non-hydrogen) atoms. The highest BCUT2D eigenvalue weighted by Gasteiger charge is 2.47. The quantitative estimate of drug-likeness (QED) is 0.0699. The maximum atomic E-state index is 14.4. The van der Waals surface area contributed by atoms with Crippen molar-refractivity contribution >= 4 is 156 Å². The van der Waals surface area contributed by atoms with Crippen LogP contribution in [0.15, 0.2) is 101 Å². The first-order valence-corrected chi connectivity index (χ1v) is 21.7. The number of nitrogens with zero attached hydrogens (tertiary/aromatic N) is 3. The average Bonchev–Trinajstić information content (AvgIpc) is 3.70. The van der Waals surface area contributed by atoms with Crippen LogP contribution in [0, 0.1) is 0 Å². The zero-order valence-corrected chi connectivity index (χ0v) is 36.9.